The Kier molecular flexibility index (Phi) is 14.8. The van der Waals surface area contributed by atoms with Gasteiger partial charge in [0, 0.05) is 59.5 Å². The van der Waals surface area contributed by atoms with Crippen molar-refractivity contribution in [3.63, 3.8) is 0 Å². The van der Waals surface area contributed by atoms with Crippen LogP contribution in [0.5, 0.6) is 11.5 Å². The molecule has 1 amide bonds. The first kappa shape index (κ1) is 49.0. The second kappa shape index (κ2) is 20.5. The number of para-hydroxylation sites is 2. The molecule has 0 bridgehead atoms. The van der Waals surface area contributed by atoms with Crippen molar-refractivity contribution in [3.8, 4) is 11.5 Å². The number of likely N-dealkylation sites (tertiary alicyclic amines) is 1. The van der Waals surface area contributed by atoms with E-state index < -0.39 is 54.3 Å². The highest BCUT2D eigenvalue weighted by molar-refractivity contribution is 7.91. The summed E-state index contributed by atoms with van der Waals surface area (Å²) in [7, 11) is -5.07. The first-order valence-corrected chi connectivity index (χ1v) is 24.8. The van der Waals surface area contributed by atoms with Crippen LogP contribution in [0.15, 0.2) is 132 Å². The van der Waals surface area contributed by atoms with Gasteiger partial charge in [0.05, 0.1) is 46.5 Å². The van der Waals surface area contributed by atoms with E-state index in [-0.39, 0.29) is 35.2 Å². The molecule has 2 aromatic heterocycles. The molecule has 18 heteroatoms. The molecule has 2 fully saturated rings. The number of esters is 2. The van der Waals surface area contributed by atoms with Gasteiger partial charge >= 0.3 is 18.0 Å². The fourth-order valence-corrected chi connectivity index (χ4v) is 11.7. The Morgan fingerprint density at radius 1 is 0.662 bits per heavy atom. The minimum atomic E-state index is -3.88. The third-order valence-electron chi connectivity index (χ3n) is 11.7. The third kappa shape index (κ3) is 10.9. The monoisotopic (exact) mass is 964 g/mol. The molecular formula is C50H52N4O12S2. The van der Waals surface area contributed by atoms with Crippen LogP contribution in [0.4, 0.5) is 4.79 Å². The first-order chi connectivity index (χ1) is 32.5. The van der Waals surface area contributed by atoms with Crippen molar-refractivity contribution in [1.82, 2.24) is 20.2 Å². The van der Waals surface area contributed by atoms with Gasteiger partial charge in [-0.15, -0.1) is 0 Å². The molecular weight excluding hydrogens is 913 g/mol. The lowest BCUT2D eigenvalue weighted by Crippen LogP contribution is -2.65. The van der Waals surface area contributed by atoms with E-state index in [4.69, 9.17) is 23.7 Å². The Hall–Kier alpha value is -6.89. The van der Waals surface area contributed by atoms with Crippen LogP contribution >= 0.6 is 0 Å². The SMILES string of the molecule is C=CCOC(=O)N1CC(CS(=O)(=O)c2ccc(OCc3cc(C)nc4ccccc34)cc2)(C(=O)OC)C1.COC(=O)C1(CS(=O)(=O)c2ccc(OCc3cc(C)nc4ccccc34)cc2)CNC1. The molecule has 4 aromatic carbocycles. The molecule has 0 unspecified atom stereocenters. The number of aromatic nitrogens is 2. The standard InChI is InChI=1S/C27H28N2O7S.C23H24N2O5S/c1-4-13-35-26(31)29-16-27(17-29,25(30)34-3)18-37(32,33)22-11-9-21(10-12-22)36-15-20-14-19(2)28-24-8-6-5-7-23(20)24;1-16-11-17(20-5-3-4-6-21(20)25-16)12-30-18-7-9-19(10-8-18)31(27,28)15-23(13-24-14-23)22(26)29-2/h4-12,14H,1,13,15-18H2,2-3H3;3-11,24H,12-15H2,1-2H3. The molecule has 0 saturated carbocycles. The summed E-state index contributed by atoms with van der Waals surface area (Å²) in [6, 6.07) is 31.9. The number of nitrogens with one attached hydrogen (secondary N) is 1. The zero-order chi connectivity index (χ0) is 48.7. The van der Waals surface area contributed by atoms with Crippen molar-refractivity contribution in [2.24, 2.45) is 10.8 Å². The molecule has 1 N–H and O–H groups in total. The Morgan fingerprint density at radius 3 is 1.50 bits per heavy atom. The van der Waals surface area contributed by atoms with Gasteiger partial charge in [-0.3, -0.25) is 19.6 Å². The van der Waals surface area contributed by atoms with E-state index in [1.807, 2.05) is 74.5 Å². The summed E-state index contributed by atoms with van der Waals surface area (Å²) in [5.41, 5.74) is 3.17. The predicted molar refractivity (Wildman–Crippen MR) is 253 cm³/mol. The van der Waals surface area contributed by atoms with Gasteiger partial charge < -0.3 is 33.9 Å². The number of hydrogen-bond donors (Lipinski definition) is 1. The highest BCUT2D eigenvalue weighted by Crippen LogP contribution is 2.36. The number of nitrogens with zero attached hydrogens (tertiary/aromatic N) is 3. The largest absolute Gasteiger partial charge is 0.489 e. The maximum atomic E-state index is 13.2. The van der Waals surface area contributed by atoms with Gasteiger partial charge in [0.25, 0.3) is 0 Å². The number of ether oxygens (including phenoxy) is 5. The van der Waals surface area contributed by atoms with Crippen LogP contribution < -0.4 is 14.8 Å². The van der Waals surface area contributed by atoms with Gasteiger partial charge in [-0.2, -0.15) is 0 Å². The van der Waals surface area contributed by atoms with E-state index in [2.05, 4.69) is 21.9 Å². The molecule has 68 heavy (non-hydrogen) atoms. The van der Waals surface area contributed by atoms with Gasteiger partial charge in [0.2, 0.25) is 0 Å². The number of sulfone groups is 2. The fourth-order valence-electron chi connectivity index (χ4n) is 8.21. The molecule has 0 atom stereocenters. The fraction of sp³-hybridized carbons (Fsp3) is 0.300. The quantitative estimate of drug-likeness (QED) is 0.0637. The summed E-state index contributed by atoms with van der Waals surface area (Å²) in [4.78, 5) is 47.1. The number of benzene rings is 4. The lowest BCUT2D eigenvalue weighted by Gasteiger charge is -2.46. The molecule has 6 aromatic rings. The van der Waals surface area contributed by atoms with Crippen LogP contribution in [0.1, 0.15) is 22.5 Å². The maximum absolute atomic E-state index is 13.2. The molecule has 2 aliphatic rings. The van der Waals surface area contributed by atoms with E-state index in [1.54, 1.807) is 24.3 Å². The minimum absolute atomic E-state index is 0.0181. The second-order valence-corrected chi connectivity index (χ2v) is 20.8. The van der Waals surface area contributed by atoms with Crippen LogP contribution in [-0.4, -0.2) is 108 Å². The Labute approximate surface area is 395 Å². The van der Waals surface area contributed by atoms with Gasteiger partial charge in [0.1, 0.15) is 42.1 Å². The number of amides is 1. The van der Waals surface area contributed by atoms with Crippen molar-refractivity contribution in [2.75, 3.05) is 58.5 Å². The van der Waals surface area contributed by atoms with E-state index in [1.165, 1.54) is 49.5 Å². The predicted octanol–water partition coefficient (Wildman–Crippen LogP) is 6.35. The molecule has 2 aliphatic heterocycles. The molecule has 0 spiro atoms. The summed E-state index contributed by atoms with van der Waals surface area (Å²) < 4.78 is 78.5. The van der Waals surface area contributed by atoms with Crippen molar-refractivity contribution in [3.05, 3.63) is 144 Å². The molecule has 4 heterocycles. The van der Waals surface area contributed by atoms with Gasteiger partial charge in [-0.05, 0) is 86.6 Å². The molecule has 0 aliphatic carbocycles. The summed E-state index contributed by atoms with van der Waals surface area (Å²) >= 11 is 0. The summed E-state index contributed by atoms with van der Waals surface area (Å²) in [6.07, 6.45) is 0.777. The number of carbonyl (C=O) groups excluding carboxylic acids is 3. The van der Waals surface area contributed by atoms with Crippen LogP contribution in [0.2, 0.25) is 0 Å². The Bertz CT molecular complexity index is 3060. The minimum Gasteiger partial charge on any atom is -0.489 e. The van der Waals surface area contributed by atoms with Crippen molar-refractivity contribution in [2.45, 2.75) is 36.9 Å². The number of pyridine rings is 2. The lowest BCUT2D eigenvalue weighted by atomic mass is 9.82. The molecule has 356 valence electrons. The number of fused-ring (bicyclic) bond motifs is 2. The highest BCUT2D eigenvalue weighted by atomic mass is 32.2. The normalized spacial score (nSPS) is 14.9. The number of carbonyl (C=O) groups is 3. The van der Waals surface area contributed by atoms with Crippen LogP contribution in [0.25, 0.3) is 21.8 Å². The van der Waals surface area contributed by atoms with Crippen LogP contribution in [0, 0.1) is 24.7 Å². The summed E-state index contributed by atoms with van der Waals surface area (Å²) in [5.74, 6) is -0.925. The van der Waals surface area contributed by atoms with Crippen molar-refractivity contribution < 1.29 is 54.9 Å². The number of methoxy groups -OCH3 is 2. The molecule has 16 nitrogen and oxygen atoms in total. The third-order valence-corrected chi connectivity index (χ3v) is 15.5. The van der Waals surface area contributed by atoms with Gasteiger partial charge in [-0.25, -0.2) is 21.6 Å². The zero-order valence-electron chi connectivity index (χ0n) is 38.1. The van der Waals surface area contributed by atoms with Crippen molar-refractivity contribution in [1.29, 1.82) is 0 Å². The Morgan fingerprint density at radius 2 is 1.09 bits per heavy atom. The first-order valence-electron chi connectivity index (χ1n) is 21.5. The number of rotatable bonds is 16. The second-order valence-electron chi connectivity index (χ2n) is 16.8. The molecule has 0 radical (unpaired) electrons. The molecule has 8 rings (SSSR count). The number of aryl methyl sites for hydroxylation is 2. The summed E-state index contributed by atoms with van der Waals surface area (Å²) in [5, 5.41) is 4.97. The maximum Gasteiger partial charge on any atom is 0.410 e. The average molecular weight is 965 g/mol. The number of hydrogen-bond acceptors (Lipinski definition) is 15. The van der Waals surface area contributed by atoms with E-state index in [9.17, 15) is 31.2 Å². The van der Waals surface area contributed by atoms with Gasteiger partial charge in [-0.1, -0.05) is 49.1 Å². The van der Waals surface area contributed by atoms with E-state index in [0.29, 0.717) is 37.8 Å². The van der Waals surface area contributed by atoms with Gasteiger partial charge in [0.15, 0.2) is 19.7 Å². The lowest BCUT2D eigenvalue weighted by molar-refractivity contribution is -0.160. The van der Waals surface area contributed by atoms with Crippen molar-refractivity contribution >= 4 is 59.5 Å². The zero-order valence-corrected chi connectivity index (χ0v) is 39.7. The Balaban J connectivity index is 0.000000204. The van der Waals surface area contributed by atoms with E-state index in [0.717, 1.165) is 44.3 Å². The molecule has 2 saturated heterocycles. The topological polar surface area (TPSA) is 207 Å². The smallest absolute Gasteiger partial charge is 0.410 e. The summed E-state index contributed by atoms with van der Waals surface area (Å²) in [6.45, 7) is 8.33. The van der Waals surface area contributed by atoms with Crippen LogP contribution in [0.3, 0.4) is 0 Å². The van der Waals surface area contributed by atoms with E-state index >= 15 is 0 Å². The highest BCUT2D eigenvalue weighted by Gasteiger charge is 2.55. The average Bonchev–Trinajstić information content (AvgIpc) is 3.31. The van der Waals surface area contributed by atoms with Crippen LogP contribution in [-0.2, 0) is 56.7 Å².